The summed E-state index contributed by atoms with van der Waals surface area (Å²) in [5, 5.41) is 7.84. The smallest absolute Gasteiger partial charge is 0.315 e. The summed E-state index contributed by atoms with van der Waals surface area (Å²) in [4.78, 5) is 21.9. The quantitative estimate of drug-likeness (QED) is 0.0773. The zero-order chi connectivity index (χ0) is 50.0. The van der Waals surface area contributed by atoms with Gasteiger partial charge in [-0.3, -0.25) is 9.88 Å². The van der Waals surface area contributed by atoms with E-state index >= 15 is 0 Å². The molecule has 2 N–H and O–H groups in total. The van der Waals surface area contributed by atoms with Crippen LogP contribution in [0.2, 0.25) is 0 Å². The first-order valence-electron chi connectivity index (χ1n) is 26.6. The number of aromatic nitrogens is 1. The summed E-state index contributed by atoms with van der Waals surface area (Å²) < 4.78 is 32.7. The van der Waals surface area contributed by atoms with Crippen molar-refractivity contribution in [3.63, 3.8) is 0 Å². The van der Waals surface area contributed by atoms with Gasteiger partial charge in [-0.25, -0.2) is 4.79 Å². The van der Waals surface area contributed by atoms with Gasteiger partial charge in [-0.2, -0.15) is 0 Å². The molecule has 3 aliphatic heterocycles. The van der Waals surface area contributed by atoms with Crippen molar-refractivity contribution in [3.8, 4) is 28.7 Å². The molecule has 4 heterocycles. The second kappa shape index (κ2) is 23.8. The van der Waals surface area contributed by atoms with Gasteiger partial charge in [0.15, 0.2) is 0 Å². The number of benzene rings is 5. The van der Waals surface area contributed by atoms with Crippen molar-refractivity contribution < 1.29 is 28.5 Å². The van der Waals surface area contributed by atoms with Crippen LogP contribution in [0.3, 0.4) is 0 Å². The number of amides is 2. The molecule has 10 rings (SSSR count). The fourth-order valence-electron chi connectivity index (χ4n) is 11.3. The predicted molar refractivity (Wildman–Crippen MR) is 288 cm³/mol. The van der Waals surface area contributed by atoms with Gasteiger partial charge in [0, 0.05) is 56.4 Å². The van der Waals surface area contributed by atoms with Crippen molar-refractivity contribution in [1.82, 2.24) is 20.5 Å². The van der Waals surface area contributed by atoms with Crippen LogP contribution < -0.4 is 34.3 Å². The molecule has 0 spiro atoms. The van der Waals surface area contributed by atoms with Crippen LogP contribution in [0.5, 0.6) is 28.7 Å². The molecule has 4 aliphatic rings. The summed E-state index contributed by atoms with van der Waals surface area (Å²) in [6.07, 6.45) is 12.1. The van der Waals surface area contributed by atoms with Gasteiger partial charge in [-0.1, -0.05) is 88.4 Å². The molecule has 72 heavy (non-hydrogen) atoms. The Balaban J connectivity index is 1.12. The Hall–Kier alpha value is -6.52. The number of nitrogens with zero attached hydrogens (tertiary/aromatic N) is 2. The highest BCUT2D eigenvalue weighted by molar-refractivity contribution is 5.85. The molecule has 0 radical (unpaired) electrons. The normalized spacial score (nSPS) is 18.5. The SMILES string of the molecule is C=C[C@H]1CN2CC[C@H]1C[C@H]2[C@@H](NC(=O)NCc1cc2c(OCCC)c(c1)Cc1cccc(c1OCCC)Cc1cccc(c1OCCC)Cc1cccc(c1OCCC)C2)c1ccnc2ccc(OC)cc12. The van der Waals surface area contributed by atoms with Gasteiger partial charge >= 0.3 is 6.03 Å². The van der Waals surface area contributed by atoms with Crippen LogP contribution in [0.4, 0.5) is 4.79 Å². The highest BCUT2D eigenvalue weighted by Gasteiger charge is 2.43. The molecule has 10 nitrogen and oxygen atoms in total. The van der Waals surface area contributed by atoms with E-state index in [9.17, 15) is 4.79 Å². The van der Waals surface area contributed by atoms with Gasteiger partial charge in [-0.05, 0) is 149 Å². The number of pyridine rings is 1. The van der Waals surface area contributed by atoms with E-state index in [4.69, 9.17) is 28.7 Å². The number of nitrogens with one attached hydrogen (secondary N) is 2. The largest absolute Gasteiger partial charge is 0.497 e. The zero-order valence-electron chi connectivity index (χ0n) is 43.2. The van der Waals surface area contributed by atoms with E-state index in [-0.39, 0.29) is 18.1 Å². The molecular formula is C62H74N4O6. The van der Waals surface area contributed by atoms with Crippen LogP contribution in [0.1, 0.15) is 128 Å². The number of hydrogen-bond acceptors (Lipinski definition) is 8. The first kappa shape index (κ1) is 50.4. The number of piperidine rings is 3. The van der Waals surface area contributed by atoms with E-state index < -0.39 is 0 Å². The number of methoxy groups -OCH3 is 1. The second-order valence-corrected chi connectivity index (χ2v) is 19.9. The molecule has 1 aliphatic carbocycles. The number of fused-ring (bicyclic) bond motifs is 12. The number of urea groups is 1. The highest BCUT2D eigenvalue weighted by atomic mass is 16.5. The van der Waals surface area contributed by atoms with Crippen molar-refractivity contribution in [2.24, 2.45) is 11.8 Å². The third-order valence-corrected chi connectivity index (χ3v) is 14.8. The van der Waals surface area contributed by atoms with E-state index in [0.29, 0.717) is 70.5 Å². The Bertz CT molecular complexity index is 2740. The topological polar surface area (TPSA) is 103 Å². The predicted octanol–water partition coefficient (Wildman–Crippen LogP) is 12.5. The summed E-state index contributed by atoms with van der Waals surface area (Å²) >= 11 is 0. The Morgan fingerprint density at radius 1 is 0.694 bits per heavy atom. The zero-order valence-corrected chi connectivity index (χ0v) is 43.2. The van der Waals surface area contributed by atoms with Crippen molar-refractivity contribution in [3.05, 3.63) is 165 Å². The molecule has 6 aromatic rings. The van der Waals surface area contributed by atoms with Crippen molar-refractivity contribution in [2.75, 3.05) is 46.6 Å². The Morgan fingerprint density at radius 3 is 1.65 bits per heavy atom. The number of ether oxygens (including phenoxy) is 5. The summed E-state index contributed by atoms with van der Waals surface area (Å²) in [5.41, 5.74) is 11.6. The van der Waals surface area contributed by atoms with Gasteiger partial charge < -0.3 is 34.3 Å². The van der Waals surface area contributed by atoms with Crippen LogP contribution in [0, 0.1) is 11.8 Å². The van der Waals surface area contributed by atoms with E-state index in [0.717, 1.165) is 147 Å². The average molecular weight is 971 g/mol. The Kier molecular flexibility index (Phi) is 16.7. The molecule has 0 saturated carbocycles. The molecule has 3 fully saturated rings. The fraction of sp³-hybridized carbons (Fsp3) is 0.419. The maximum absolute atomic E-state index is 14.6. The molecule has 10 bridgehead atoms. The van der Waals surface area contributed by atoms with Crippen LogP contribution >= 0.6 is 0 Å². The summed E-state index contributed by atoms with van der Waals surface area (Å²) in [5.74, 6) is 5.34. The first-order chi connectivity index (χ1) is 35.3. The van der Waals surface area contributed by atoms with Crippen molar-refractivity contribution >= 4 is 16.9 Å². The maximum atomic E-state index is 14.6. The molecular weight excluding hydrogens is 897 g/mol. The summed E-state index contributed by atoms with van der Waals surface area (Å²) in [7, 11) is 1.69. The Labute approximate surface area is 427 Å². The molecule has 10 heteroatoms. The van der Waals surface area contributed by atoms with E-state index in [1.165, 1.54) is 0 Å². The molecule has 2 amide bonds. The molecule has 378 valence electrons. The van der Waals surface area contributed by atoms with Gasteiger partial charge in [-0.15, -0.1) is 6.58 Å². The maximum Gasteiger partial charge on any atom is 0.315 e. The first-order valence-corrected chi connectivity index (χ1v) is 26.6. The lowest BCUT2D eigenvalue weighted by Gasteiger charge is -2.51. The number of carbonyl (C=O) groups is 1. The summed E-state index contributed by atoms with van der Waals surface area (Å²) in [6.45, 7) is 17.4. The number of carbonyl (C=O) groups excluding carboxylic acids is 1. The van der Waals surface area contributed by atoms with Gasteiger partial charge in [0.1, 0.15) is 28.7 Å². The third kappa shape index (κ3) is 11.2. The van der Waals surface area contributed by atoms with Crippen LogP contribution in [-0.2, 0) is 32.2 Å². The van der Waals surface area contributed by atoms with Crippen LogP contribution in [0.25, 0.3) is 10.9 Å². The average Bonchev–Trinajstić information content (AvgIpc) is 3.40. The molecule has 1 unspecified atom stereocenters. The second-order valence-electron chi connectivity index (χ2n) is 19.9. The molecule has 1 aromatic heterocycles. The summed E-state index contributed by atoms with van der Waals surface area (Å²) in [6, 6.07) is 31.7. The minimum atomic E-state index is -0.294. The third-order valence-electron chi connectivity index (χ3n) is 14.8. The molecule has 5 aromatic carbocycles. The van der Waals surface area contributed by atoms with Crippen molar-refractivity contribution in [2.45, 2.75) is 111 Å². The minimum Gasteiger partial charge on any atom is -0.497 e. The highest BCUT2D eigenvalue weighted by Crippen LogP contribution is 2.43. The van der Waals surface area contributed by atoms with Gasteiger partial charge in [0.2, 0.25) is 0 Å². The lowest BCUT2D eigenvalue weighted by atomic mass is 9.73. The lowest BCUT2D eigenvalue weighted by molar-refractivity contribution is 0.00312. The molecule has 5 atom stereocenters. The number of para-hydroxylation sites is 3. The fourth-order valence-corrected chi connectivity index (χ4v) is 11.3. The lowest BCUT2D eigenvalue weighted by Crippen LogP contribution is -2.58. The minimum absolute atomic E-state index is 0.106. The molecule has 3 saturated heterocycles. The van der Waals surface area contributed by atoms with Crippen LogP contribution in [0.15, 0.2) is 110 Å². The van der Waals surface area contributed by atoms with E-state index in [1.54, 1.807) is 7.11 Å². The number of hydrogen-bond donors (Lipinski definition) is 2. The Morgan fingerprint density at radius 2 is 1.19 bits per heavy atom. The van der Waals surface area contributed by atoms with Crippen molar-refractivity contribution in [1.29, 1.82) is 0 Å². The van der Waals surface area contributed by atoms with E-state index in [2.05, 4.69) is 129 Å². The monoisotopic (exact) mass is 971 g/mol. The van der Waals surface area contributed by atoms with Crippen LogP contribution in [-0.4, -0.2) is 68.6 Å². The van der Waals surface area contributed by atoms with Gasteiger partial charge in [0.05, 0.1) is 45.1 Å². The van der Waals surface area contributed by atoms with E-state index in [1.807, 2.05) is 24.4 Å². The standard InChI is InChI=1S/C62H74N4O6/c1-7-27-69-58-44-15-12-16-45(58)34-47-18-14-20-49(60(47)71-29-9-3)36-51-32-41(31-50(61(51)72-30-10-4)35-48-19-13-17-46(33-44)59(48)70-28-8-2)39-64-62(67)65-57(56-37-43-24-26-66(56)40-42(43)11-5)53-23-25-63-55-22-21-52(68-6)38-54(53)55/h11-23,25,31-32,38,42-43,56-57H,5,7-10,24,26-30,33-37,39-40H2,1-4,6H3,(H2,64,65,67)/t42-,43-,56-,57-/m0/s1. The van der Waals surface area contributed by atoms with Gasteiger partial charge in [0.25, 0.3) is 0 Å². The number of rotatable bonds is 19.